The number of ether oxygens (including phenoxy) is 1. The fourth-order valence-electron chi connectivity index (χ4n) is 2.93. The molecule has 1 aromatic heterocycles. The zero-order chi connectivity index (χ0) is 17.2. The van der Waals surface area contributed by atoms with E-state index in [2.05, 4.69) is 9.88 Å². The molecule has 4 rings (SSSR count). The maximum Gasteiger partial charge on any atom is 0.151 e. The Bertz CT molecular complexity index is 939. The fourth-order valence-corrected chi connectivity index (χ4v) is 3.15. The van der Waals surface area contributed by atoms with Crippen molar-refractivity contribution in [1.82, 2.24) is 9.97 Å². The Labute approximate surface area is 150 Å². The summed E-state index contributed by atoms with van der Waals surface area (Å²) >= 11 is 6.15. The molecule has 1 aliphatic heterocycles. The number of morpholine rings is 1. The number of benzene rings is 2. The van der Waals surface area contributed by atoms with Crippen LogP contribution in [0.25, 0.3) is 22.2 Å². The molecule has 1 fully saturated rings. The minimum Gasteiger partial charge on any atom is -0.378 e. The van der Waals surface area contributed by atoms with Crippen molar-refractivity contribution >= 4 is 34.7 Å². The van der Waals surface area contributed by atoms with E-state index in [0.717, 1.165) is 47.4 Å². The number of aldehydes is 1. The van der Waals surface area contributed by atoms with Crippen LogP contribution in [0.5, 0.6) is 0 Å². The molecule has 0 unspecified atom stereocenters. The van der Waals surface area contributed by atoms with Crippen molar-refractivity contribution in [3.63, 3.8) is 0 Å². The number of carbonyl (C=O) groups is 1. The van der Waals surface area contributed by atoms with Crippen molar-refractivity contribution in [2.75, 3.05) is 31.2 Å². The maximum atomic E-state index is 10.9. The summed E-state index contributed by atoms with van der Waals surface area (Å²) in [4.78, 5) is 22.4. The van der Waals surface area contributed by atoms with Gasteiger partial charge in [-0.1, -0.05) is 23.7 Å². The zero-order valence-corrected chi connectivity index (χ0v) is 14.2. The average Bonchev–Trinajstić information content (AvgIpc) is 2.67. The van der Waals surface area contributed by atoms with Crippen molar-refractivity contribution in [2.45, 2.75) is 0 Å². The number of aromatic nitrogens is 2. The lowest BCUT2D eigenvalue weighted by molar-refractivity contribution is 0.112. The highest BCUT2D eigenvalue weighted by Crippen LogP contribution is 2.27. The van der Waals surface area contributed by atoms with Crippen molar-refractivity contribution in [3.05, 3.63) is 53.2 Å². The van der Waals surface area contributed by atoms with E-state index < -0.39 is 0 Å². The summed E-state index contributed by atoms with van der Waals surface area (Å²) in [5, 5.41) is 0.445. The number of anilines is 1. The Balaban J connectivity index is 1.73. The number of hydrogen-bond acceptors (Lipinski definition) is 5. The van der Waals surface area contributed by atoms with Crippen LogP contribution >= 0.6 is 11.6 Å². The third kappa shape index (κ3) is 3.21. The summed E-state index contributed by atoms with van der Waals surface area (Å²) in [6.45, 7) is 3.06. The van der Waals surface area contributed by atoms with E-state index in [1.807, 2.05) is 30.5 Å². The maximum absolute atomic E-state index is 10.9. The second kappa shape index (κ2) is 6.78. The molecule has 5 nitrogen and oxygen atoms in total. The third-order valence-electron chi connectivity index (χ3n) is 4.33. The molecule has 126 valence electrons. The van der Waals surface area contributed by atoms with Crippen LogP contribution in [0.4, 0.5) is 5.82 Å². The van der Waals surface area contributed by atoms with E-state index in [4.69, 9.17) is 21.3 Å². The molecule has 0 spiro atoms. The van der Waals surface area contributed by atoms with E-state index in [1.165, 1.54) is 0 Å². The van der Waals surface area contributed by atoms with Crippen LogP contribution < -0.4 is 4.90 Å². The monoisotopic (exact) mass is 353 g/mol. The molecule has 0 bridgehead atoms. The quantitative estimate of drug-likeness (QED) is 0.673. The first-order valence-electron chi connectivity index (χ1n) is 8.09. The summed E-state index contributed by atoms with van der Waals surface area (Å²) in [5.41, 5.74) is 4.09. The zero-order valence-electron chi connectivity index (χ0n) is 13.5. The highest BCUT2D eigenvalue weighted by molar-refractivity contribution is 6.33. The molecular weight excluding hydrogens is 338 g/mol. The van der Waals surface area contributed by atoms with Gasteiger partial charge in [0.15, 0.2) is 6.29 Å². The predicted octanol–water partition coefficient (Wildman–Crippen LogP) is 3.60. The van der Waals surface area contributed by atoms with Crippen molar-refractivity contribution in [2.24, 2.45) is 0 Å². The lowest BCUT2D eigenvalue weighted by Gasteiger charge is -2.27. The molecule has 6 heteroatoms. The van der Waals surface area contributed by atoms with Crippen LogP contribution in [0.3, 0.4) is 0 Å². The lowest BCUT2D eigenvalue weighted by atomic mass is 10.0. The Morgan fingerprint density at radius 3 is 2.56 bits per heavy atom. The minimum absolute atomic E-state index is 0.445. The Hall–Kier alpha value is -2.50. The van der Waals surface area contributed by atoms with Crippen molar-refractivity contribution in [3.8, 4) is 11.1 Å². The molecule has 1 aliphatic rings. The second-order valence-corrected chi connectivity index (χ2v) is 6.29. The Morgan fingerprint density at radius 1 is 1.04 bits per heavy atom. The van der Waals surface area contributed by atoms with Crippen molar-refractivity contribution < 1.29 is 9.53 Å². The van der Waals surface area contributed by atoms with Gasteiger partial charge in [0.2, 0.25) is 0 Å². The third-order valence-corrected chi connectivity index (χ3v) is 4.65. The number of halogens is 1. The molecule has 2 heterocycles. The van der Waals surface area contributed by atoms with Crippen LogP contribution in [0.2, 0.25) is 5.02 Å². The van der Waals surface area contributed by atoms with Crippen LogP contribution in [-0.2, 0) is 4.74 Å². The van der Waals surface area contributed by atoms with Crippen LogP contribution in [0, 0.1) is 0 Å². The van der Waals surface area contributed by atoms with Gasteiger partial charge in [-0.15, -0.1) is 0 Å². The predicted molar refractivity (Wildman–Crippen MR) is 98.4 cm³/mol. The summed E-state index contributed by atoms with van der Waals surface area (Å²) in [5.74, 6) is 0.863. The highest BCUT2D eigenvalue weighted by atomic mass is 35.5. The topological polar surface area (TPSA) is 55.3 Å². The summed E-state index contributed by atoms with van der Waals surface area (Å²) in [6.07, 6.45) is 2.57. The summed E-state index contributed by atoms with van der Waals surface area (Å²) < 4.78 is 5.39. The van der Waals surface area contributed by atoms with E-state index in [1.54, 1.807) is 12.1 Å². The standard InChI is InChI=1S/C19H16ClN3O2/c20-16-9-13(1-2-15(16)12-24)14-3-4-17-18(10-14)22-19(11-21-17)23-5-7-25-8-6-23/h1-4,9-12H,5-8H2. The van der Waals surface area contributed by atoms with Crippen LogP contribution in [-0.4, -0.2) is 42.6 Å². The molecule has 0 saturated carbocycles. The van der Waals surface area contributed by atoms with E-state index >= 15 is 0 Å². The van der Waals surface area contributed by atoms with Crippen molar-refractivity contribution in [1.29, 1.82) is 0 Å². The SMILES string of the molecule is O=Cc1ccc(-c2ccc3ncc(N4CCOCC4)nc3c2)cc1Cl. The van der Waals surface area contributed by atoms with E-state index in [-0.39, 0.29) is 0 Å². The van der Waals surface area contributed by atoms with Gasteiger partial charge in [0.05, 0.1) is 35.5 Å². The van der Waals surface area contributed by atoms with E-state index in [9.17, 15) is 4.79 Å². The molecule has 25 heavy (non-hydrogen) atoms. The molecule has 0 amide bonds. The Morgan fingerprint density at radius 2 is 1.80 bits per heavy atom. The number of rotatable bonds is 3. The van der Waals surface area contributed by atoms with Gasteiger partial charge < -0.3 is 9.64 Å². The number of carbonyl (C=O) groups excluding carboxylic acids is 1. The van der Waals surface area contributed by atoms with Gasteiger partial charge in [-0.3, -0.25) is 9.78 Å². The van der Waals surface area contributed by atoms with Gasteiger partial charge >= 0.3 is 0 Å². The van der Waals surface area contributed by atoms with Gasteiger partial charge in [0, 0.05) is 18.7 Å². The van der Waals surface area contributed by atoms with Gasteiger partial charge in [0.1, 0.15) is 5.82 Å². The molecule has 0 N–H and O–H groups in total. The number of fused-ring (bicyclic) bond motifs is 1. The molecule has 0 atom stereocenters. The molecule has 1 saturated heterocycles. The normalized spacial score (nSPS) is 14.7. The van der Waals surface area contributed by atoms with Crippen LogP contribution in [0.15, 0.2) is 42.6 Å². The summed E-state index contributed by atoms with van der Waals surface area (Å²) in [6, 6.07) is 11.3. The first-order valence-corrected chi connectivity index (χ1v) is 8.47. The fraction of sp³-hybridized carbons (Fsp3) is 0.211. The first kappa shape index (κ1) is 16.0. The molecular formula is C19H16ClN3O2. The van der Waals surface area contributed by atoms with Gasteiger partial charge in [0.25, 0.3) is 0 Å². The largest absolute Gasteiger partial charge is 0.378 e. The van der Waals surface area contributed by atoms with Gasteiger partial charge in [-0.05, 0) is 35.4 Å². The molecule has 3 aromatic rings. The Kier molecular flexibility index (Phi) is 4.34. The number of hydrogen-bond donors (Lipinski definition) is 0. The van der Waals surface area contributed by atoms with Gasteiger partial charge in [-0.25, -0.2) is 4.98 Å². The molecule has 2 aromatic carbocycles. The lowest BCUT2D eigenvalue weighted by Crippen LogP contribution is -2.36. The number of nitrogens with zero attached hydrogens (tertiary/aromatic N) is 3. The average molecular weight is 354 g/mol. The van der Waals surface area contributed by atoms with Gasteiger partial charge in [-0.2, -0.15) is 0 Å². The minimum atomic E-state index is 0.445. The smallest absolute Gasteiger partial charge is 0.151 e. The van der Waals surface area contributed by atoms with Crippen LogP contribution in [0.1, 0.15) is 10.4 Å². The second-order valence-electron chi connectivity index (χ2n) is 5.89. The molecule has 0 aliphatic carbocycles. The first-order chi connectivity index (χ1) is 12.2. The highest BCUT2D eigenvalue weighted by Gasteiger charge is 2.13. The van der Waals surface area contributed by atoms with E-state index in [0.29, 0.717) is 23.8 Å². The molecule has 0 radical (unpaired) electrons. The summed E-state index contributed by atoms with van der Waals surface area (Å²) in [7, 11) is 0.